The molecule has 2 aromatic carbocycles. The van der Waals surface area contributed by atoms with Gasteiger partial charge in [-0.1, -0.05) is 18.2 Å². The molecule has 0 saturated carbocycles. The SMILES string of the molecule is OCc1ccccc1NCc1cc(C(F)(F)F)ccc1F. The van der Waals surface area contributed by atoms with Crippen LogP contribution in [0.25, 0.3) is 0 Å². The summed E-state index contributed by atoms with van der Waals surface area (Å²) in [5.74, 6) is -0.711. The van der Waals surface area contributed by atoms with E-state index in [1.807, 2.05) is 0 Å². The Morgan fingerprint density at radius 1 is 1.00 bits per heavy atom. The van der Waals surface area contributed by atoms with Gasteiger partial charge < -0.3 is 10.4 Å². The third-order valence-corrected chi connectivity index (χ3v) is 3.03. The summed E-state index contributed by atoms with van der Waals surface area (Å²) in [6.45, 7) is -0.318. The Balaban J connectivity index is 2.20. The molecule has 2 N–H and O–H groups in total. The van der Waals surface area contributed by atoms with Crippen molar-refractivity contribution in [2.24, 2.45) is 0 Å². The Morgan fingerprint density at radius 3 is 2.38 bits per heavy atom. The number of hydrogen-bond donors (Lipinski definition) is 2. The number of para-hydroxylation sites is 1. The van der Waals surface area contributed by atoms with Crippen molar-refractivity contribution in [1.82, 2.24) is 0 Å². The summed E-state index contributed by atoms with van der Waals surface area (Å²) in [7, 11) is 0. The van der Waals surface area contributed by atoms with Crippen molar-refractivity contribution < 1.29 is 22.7 Å². The van der Waals surface area contributed by atoms with E-state index in [1.54, 1.807) is 24.3 Å². The van der Waals surface area contributed by atoms with Crippen LogP contribution >= 0.6 is 0 Å². The molecular weight excluding hydrogens is 286 g/mol. The maximum Gasteiger partial charge on any atom is 0.416 e. The Labute approximate surface area is 119 Å². The fraction of sp³-hybridized carbons (Fsp3) is 0.200. The van der Waals surface area contributed by atoms with Crippen molar-refractivity contribution in [1.29, 1.82) is 0 Å². The monoisotopic (exact) mass is 299 g/mol. The lowest BCUT2D eigenvalue weighted by molar-refractivity contribution is -0.137. The molecule has 0 heterocycles. The molecule has 112 valence electrons. The molecule has 0 amide bonds. The van der Waals surface area contributed by atoms with Gasteiger partial charge >= 0.3 is 6.18 Å². The highest BCUT2D eigenvalue weighted by molar-refractivity contribution is 5.51. The lowest BCUT2D eigenvalue weighted by Crippen LogP contribution is -2.09. The first-order chi connectivity index (χ1) is 9.91. The molecule has 2 nitrogen and oxygen atoms in total. The normalized spacial score (nSPS) is 11.5. The van der Waals surface area contributed by atoms with Gasteiger partial charge in [-0.3, -0.25) is 0 Å². The van der Waals surface area contributed by atoms with E-state index in [2.05, 4.69) is 5.32 Å². The van der Waals surface area contributed by atoms with E-state index in [4.69, 9.17) is 5.11 Å². The van der Waals surface area contributed by atoms with E-state index in [1.165, 1.54) is 0 Å². The maximum absolute atomic E-state index is 13.6. The lowest BCUT2D eigenvalue weighted by atomic mass is 10.1. The van der Waals surface area contributed by atoms with Crippen molar-refractivity contribution >= 4 is 5.69 Å². The number of hydrogen-bond acceptors (Lipinski definition) is 2. The summed E-state index contributed by atoms with van der Waals surface area (Å²) in [6, 6.07) is 9.07. The maximum atomic E-state index is 13.6. The third-order valence-electron chi connectivity index (χ3n) is 3.03. The van der Waals surface area contributed by atoms with E-state index in [0.717, 1.165) is 12.1 Å². The molecule has 0 fully saturated rings. The Kier molecular flexibility index (Phi) is 4.47. The quantitative estimate of drug-likeness (QED) is 0.838. The second-order valence-corrected chi connectivity index (χ2v) is 4.47. The number of nitrogens with one attached hydrogen (secondary N) is 1. The van der Waals surface area contributed by atoms with Crippen molar-refractivity contribution in [2.75, 3.05) is 5.32 Å². The van der Waals surface area contributed by atoms with Crippen LogP contribution in [-0.2, 0) is 19.3 Å². The zero-order valence-electron chi connectivity index (χ0n) is 10.9. The van der Waals surface area contributed by atoms with Gasteiger partial charge in [-0.25, -0.2) is 4.39 Å². The molecule has 0 aromatic heterocycles. The fourth-order valence-corrected chi connectivity index (χ4v) is 1.91. The molecule has 21 heavy (non-hydrogen) atoms. The first-order valence-corrected chi connectivity index (χ1v) is 6.20. The largest absolute Gasteiger partial charge is 0.416 e. The second-order valence-electron chi connectivity index (χ2n) is 4.47. The number of rotatable bonds is 4. The topological polar surface area (TPSA) is 32.3 Å². The van der Waals surface area contributed by atoms with Crippen molar-refractivity contribution in [3.63, 3.8) is 0 Å². The molecular formula is C15H13F4NO. The first kappa shape index (κ1) is 15.3. The van der Waals surface area contributed by atoms with Crippen molar-refractivity contribution in [3.05, 3.63) is 65.0 Å². The summed E-state index contributed by atoms with van der Waals surface area (Å²) in [5, 5.41) is 12.0. The molecule has 0 atom stereocenters. The highest BCUT2D eigenvalue weighted by Gasteiger charge is 2.31. The molecule has 0 radical (unpaired) electrons. The average molecular weight is 299 g/mol. The molecule has 0 bridgehead atoms. The Morgan fingerprint density at radius 2 is 1.71 bits per heavy atom. The number of aliphatic hydroxyl groups is 1. The van der Waals surface area contributed by atoms with Crippen LogP contribution in [0.2, 0.25) is 0 Å². The summed E-state index contributed by atoms with van der Waals surface area (Å²) in [6.07, 6.45) is -4.51. The fourth-order valence-electron chi connectivity index (χ4n) is 1.91. The molecule has 0 aliphatic heterocycles. The number of anilines is 1. The standard InChI is InChI=1S/C15H13F4NO/c16-13-6-5-12(15(17,18)19)7-11(13)8-20-14-4-2-1-3-10(14)9-21/h1-7,20-21H,8-9H2. The Hall–Kier alpha value is -2.08. The minimum Gasteiger partial charge on any atom is -0.392 e. The number of halogens is 4. The van der Waals surface area contributed by atoms with Crippen molar-refractivity contribution in [3.8, 4) is 0 Å². The molecule has 2 aromatic rings. The average Bonchev–Trinajstić information content (AvgIpc) is 2.45. The van der Waals surface area contributed by atoms with Gasteiger partial charge in [0.05, 0.1) is 12.2 Å². The summed E-state index contributed by atoms with van der Waals surface area (Å²) < 4.78 is 51.4. The molecule has 6 heteroatoms. The zero-order chi connectivity index (χ0) is 15.5. The van der Waals surface area contributed by atoms with Crippen LogP contribution in [-0.4, -0.2) is 5.11 Å². The van der Waals surface area contributed by atoms with Crippen LogP contribution in [0.1, 0.15) is 16.7 Å². The predicted octanol–water partition coefficient (Wildman–Crippen LogP) is 3.95. The molecule has 0 saturated heterocycles. The van der Waals surface area contributed by atoms with Gasteiger partial charge in [0, 0.05) is 23.4 Å². The van der Waals surface area contributed by atoms with Crippen LogP contribution < -0.4 is 5.32 Å². The van der Waals surface area contributed by atoms with Gasteiger partial charge in [-0.05, 0) is 24.3 Å². The molecule has 2 rings (SSSR count). The molecule has 0 spiro atoms. The summed E-state index contributed by atoms with van der Waals surface area (Å²) in [5.41, 5.74) is 0.162. The summed E-state index contributed by atoms with van der Waals surface area (Å²) >= 11 is 0. The third kappa shape index (κ3) is 3.72. The molecule has 0 aliphatic carbocycles. The minimum atomic E-state index is -4.51. The van der Waals surface area contributed by atoms with E-state index in [0.29, 0.717) is 17.3 Å². The van der Waals surface area contributed by atoms with Crippen LogP contribution in [0.4, 0.5) is 23.2 Å². The number of aliphatic hydroxyl groups excluding tert-OH is 1. The van der Waals surface area contributed by atoms with E-state index in [-0.39, 0.29) is 18.7 Å². The van der Waals surface area contributed by atoms with E-state index in [9.17, 15) is 17.6 Å². The van der Waals surface area contributed by atoms with Gasteiger partial charge in [0.15, 0.2) is 0 Å². The molecule has 0 aliphatic rings. The first-order valence-electron chi connectivity index (χ1n) is 6.20. The highest BCUT2D eigenvalue weighted by atomic mass is 19.4. The van der Waals surface area contributed by atoms with Gasteiger partial charge in [0.2, 0.25) is 0 Å². The van der Waals surface area contributed by atoms with E-state index < -0.39 is 17.6 Å². The summed E-state index contributed by atoms with van der Waals surface area (Å²) in [4.78, 5) is 0. The van der Waals surface area contributed by atoms with Gasteiger partial charge in [0.1, 0.15) is 5.82 Å². The van der Waals surface area contributed by atoms with Gasteiger partial charge in [0.25, 0.3) is 0 Å². The zero-order valence-corrected chi connectivity index (χ0v) is 10.9. The van der Waals surface area contributed by atoms with Gasteiger partial charge in [-0.2, -0.15) is 13.2 Å². The number of alkyl halides is 3. The lowest BCUT2D eigenvalue weighted by Gasteiger charge is -2.13. The second kappa shape index (κ2) is 6.13. The Bertz CT molecular complexity index is 625. The van der Waals surface area contributed by atoms with Crippen LogP contribution in [0.5, 0.6) is 0 Å². The van der Waals surface area contributed by atoms with Gasteiger partial charge in [-0.15, -0.1) is 0 Å². The molecule has 0 unspecified atom stereocenters. The highest BCUT2D eigenvalue weighted by Crippen LogP contribution is 2.30. The number of benzene rings is 2. The van der Waals surface area contributed by atoms with Crippen molar-refractivity contribution in [2.45, 2.75) is 19.3 Å². The van der Waals surface area contributed by atoms with Crippen LogP contribution in [0.3, 0.4) is 0 Å². The van der Waals surface area contributed by atoms with E-state index >= 15 is 0 Å². The smallest absolute Gasteiger partial charge is 0.392 e. The van der Waals surface area contributed by atoms with Crippen LogP contribution in [0, 0.1) is 5.82 Å². The minimum absolute atomic E-state index is 0.0856. The van der Waals surface area contributed by atoms with Crippen LogP contribution in [0.15, 0.2) is 42.5 Å². The predicted molar refractivity (Wildman–Crippen MR) is 71.1 cm³/mol.